The fourth-order valence-electron chi connectivity index (χ4n) is 1.68. The molecule has 2 N–H and O–H groups in total. The summed E-state index contributed by atoms with van der Waals surface area (Å²) in [6.45, 7) is 1.96. The summed E-state index contributed by atoms with van der Waals surface area (Å²) in [4.78, 5) is 0.0223. The number of benzene rings is 1. The lowest BCUT2D eigenvalue weighted by atomic mass is 10.2. The van der Waals surface area contributed by atoms with Crippen LogP contribution in [0.2, 0.25) is 5.02 Å². The number of halogens is 1. The van der Waals surface area contributed by atoms with Gasteiger partial charge in [-0.1, -0.05) is 23.7 Å². The molecule has 0 aliphatic carbocycles. The van der Waals surface area contributed by atoms with Gasteiger partial charge in [0.05, 0.1) is 30.1 Å². The van der Waals surface area contributed by atoms with Crippen molar-refractivity contribution < 1.29 is 13.5 Å². The molecule has 0 bridgehead atoms. The van der Waals surface area contributed by atoms with Crippen molar-refractivity contribution in [2.45, 2.75) is 18.4 Å². The molecule has 108 valence electrons. The molecule has 1 heterocycles. The molecule has 0 atom stereocenters. The smallest absolute Gasteiger partial charge is 0.263 e. The minimum Gasteiger partial charge on any atom is -0.394 e. The van der Waals surface area contributed by atoms with Crippen molar-refractivity contribution >= 4 is 27.3 Å². The SMILES string of the molecule is Cc1cccc(S(=O)(=O)Nc2cnn(CCO)c2)c1Cl. The van der Waals surface area contributed by atoms with Crippen LogP contribution in [0.25, 0.3) is 0 Å². The van der Waals surface area contributed by atoms with Gasteiger partial charge >= 0.3 is 0 Å². The van der Waals surface area contributed by atoms with Crippen LogP contribution in [0, 0.1) is 6.92 Å². The molecule has 0 aliphatic heterocycles. The molecule has 2 rings (SSSR count). The summed E-state index contributed by atoms with van der Waals surface area (Å²) in [6.07, 6.45) is 2.87. The van der Waals surface area contributed by atoms with Crippen molar-refractivity contribution in [2.24, 2.45) is 0 Å². The Bertz CT molecular complexity index is 712. The Labute approximate surface area is 122 Å². The summed E-state index contributed by atoms with van der Waals surface area (Å²) in [6, 6.07) is 4.81. The third kappa shape index (κ3) is 3.12. The van der Waals surface area contributed by atoms with E-state index in [0.29, 0.717) is 17.8 Å². The molecule has 0 saturated heterocycles. The zero-order chi connectivity index (χ0) is 14.8. The molecule has 1 aromatic carbocycles. The van der Waals surface area contributed by atoms with Crippen LogP contribution in [0.5, 0.6) is 0 Å². The normalized spacial score (nSPS) is 11.6. The zero-order valence-electron chi connectivity index (χ0n) is 10.7. The molecular weight excluding hydrogens is 302 g/mol. The maximum atomic E-state index is 12.3. The second-order valence-electron chi connectivity index (χ2n) is 4.21. The average molecular weight is 316 g/mol. The van der Waals surface area contributed by atoms with Crippen LogP contribution in [-0.4, -0.2) is 29.9 Å². The number of sulfonamides is 1. The summed E-state index contributed by atoms with van der Waals surface area (Å²) >= 11 is 6.03. The highest BCUT2D eigenvalue weighted by Crippen LogP contribution is 2.26. The van der Waals surface area contributed by atoms with Gasteiger partial charge in [0.25, 0.3) is 10.0 Å². The predicted octanol–water partition coefficient (Wildman–Crippen LogP) is 1.64. The topological polar surface area (TPSA) is 84.2 Å². The Kier molecular flexibility index (Phi) is 4.32. The predicted molar refractivity (Wildman–Crippen MR) is 76.3 cm³/mol. The number of aryl methyl sites for hydroxylation is 1. The van der Waals surface area contributed by atoms with E-state index in [1.54, 1.807) is 19.1 Å². The lowest BCUT2D eigenvalue weighted by molar-refractivity contribution is 0.269. The third-order valence-electron chi connectivity index (χ3n) is 2.66. The molecule has 0 amide bonds. The van der Waals surface area contributed by atoms with Crippen LogP contribution in [0.3, 0.4) is 0 Å². The standard InChI is InChI=1S/C12H14ClN3O3S/c1-9-3-2-4-11(12(9)13)20(18,19)15-10-7-14-16(8-10)5-6-17/h2-4,7-8,15,17H,5-6H2,1H3. The minimum absolute atomic E-state index is 0.0223. The van der Waals surface area contributed by atoms with Gasteiger partial charge in [-0.25, -0.2) is 8.42 Å². The third-order valence-corrected chi connectivity index (χ3v) is 4.70. The summed E-state index contributed by atoms with van der Waals surface area (Å²) in [7, 11) is -3.77. The van der Waals surface area contributed by atoms with Crippen LogP contribution < -0.4 is 4.72 Å². The Balaban J connectivity index is 2.28. The van der Waals surface area contributed by atoms with Crippen molar-refractivity contribution in [3.8, 4) is 0 Å². The quantitative estimate of drug-likeness (QED) is 0.878. The van der Waals surface area contributed by atoms with Gasteiger partial charge in [0.2, 0.25) is 0 Å². The van der Waals surface area contributed by atoms with Crippen LogP contribution in [0.4, 0.5) is 5.69 Å². The van der Waals surface area contributed by atoms with Crippen molar-refractivity contribution in [1.82, 2.24) is 9.78 Å². The number of anilines is 1. The number of aliphatic hydroxyl groups is 1. The van der Waals surface area contributed by atoms with Crippen LogP contribution in [0.15, 0.2) is 35.5 Å². The van der Waals surface area contributed by atoms with Gasteiger partial charge in [0.15, 0.2) is 0 Å². The van der Waals surface area contributed by atoms with E-state index in [1.165, 1.54) is 23.1 Å². The number of rotatable bonds is 5. The summed E-state index contributed by atoms with van der Waals surface area (Å²) in [5.74, 6) is 0. The van der Waals surface area contributed by atoms with Crippen molar-refractivity contribution in [1.29, 1.82) is 0 Å². The lowest BCUT2D eigenvalue weighted by Gasteiger charge is -2.09. The van der Waals surface area contributed by atoms with Crippen molar-refractivity contribution in [2.75, 3.05) is 11.3 Å². The summed E-state index contributed by atoms with van der Waals surface area (Å²) in [5.41, 5.74) is 1.00. The average Bonchev–Trinajstić information content (AvgIpc) is 2.79. The molecular formula is C12H14ClN3O3S. The second-order valence-corrected chi connectivity index (χ2v) is 6.24. The molecule has 8 heteroatoms. The number of aliphatic hydroxyl groups excluding tert-OH is 1. The Hall–Kier alpha value is -1.57. The molecule has 0 spiro atoms. The molecule has 2 aromatic rings. The van der Waals surface area contributed by atoms with E-state index >= 15 is 0 Å². The highest BCUT2D eigenvalue weighted by molar-refractivity contribution is 7.92. The van der Waals surface area contributed by atoms with E-state index in [2.05, 4.69) is 9.82 Å². The van der Waals surface area contributed by atoms with Gasteiger partial charge in [-0.2, -0.15) is 5.10 Å². The Morgan fingerprint density at radius 3 is 2.90 bits per heavy atom. The molecule has 0 radical (unpaired) electrons. The maximum absolute atomic E-state index is 12.3. The van der Waals surface area contributed by atoms with Gasteiger partial charge in [-0.05, 0) is 18.6 Å². The van der Waals surface area contributed by atoms with Gasteiger partial charge in [-0.3, -0.25) is 9.40 Å². The number of nitrogens with zero attached hydrogens (tertiary/aromatic N) is 2. The zero-order valence-corrected chi connectivity index (χ0v) is 12.3. The molecule has 0 unspecified atom stereocenters. The Morgan fingerprint density at radius 2 is 2.20 bits per heavy atom. The van der Waals surface area contributed by atoms with E-state index in [0.717, 1.165) is 0 Å². The fraction of sp³-hybridized carbons (Fsp3) is 0.250. The largest absolute Gasteiger partial charge is 0.394 e. The van der Waals surface area contributed by atoms with E-state index in [-0.39, 0.29) is 16.5 Å². The van der Waals surface area contributed by atoms with Gasteiger partial charge < -0.3 is 5.11 Å². The molecule has 0 aliphatic rings. The monoisotopic (exact) mass is 315 g/mol. The van der Waals surface area contributed by atoms with Crippen LogP contribution in [-0.2, 0) is 16.6 Å². The van der Waals surface area contributed by atoms with Gasteiger partial charge in [0, 0.05) is 6.20 Å². The van der Waals surface area contributed by atoms with Gasteiger partial charge in [-0.15, -0.1) is 0 Å². The first kappa shape index (κ1) is 14.8. The summed E-state index contributed by atoms with van der Waals surface area (Å²) < 4.78 is 28.4. The molecule has 1 aromatic heterocycles. The first-order valence-corrected chi connectivity index (χ1v) is 7.71. The highest BCUT2D eigenvalue weighted by atomic mass is 35.5. The van der Waals surface area contributed by atoms with Crippen molar-refractivity contribution in [3.05, 3.63) is 41.2 Å². The van der Waals surface area contributed by atoms with E-state index in [1.807, 2.05) is 0 Å². The number of hydrogen-bond acceptors (Lipinski definition) is 4. The maximum Gasteiger partial charge on any atom is 0.263 e. The molecule has 6 nitrogen and oxygen atoms in total. The lowest BCUT2D eigenvalue weighted by Crippen LogP contribution is -2.13. The first-order valence-electron chi connectivity index (χ1n) is 5.85. The van der Waals surface area contributed by atoms with E-state index < -0.39 is 10.0 Å². The number of hydrogen-bond donors (Lipinski definition) is 2. The van der Waals surface area contributed by atoms with E-state index in [9.17, 15) is 8.42 Å². The molecule has 0 saturated carbocycles. The van der Waals surface area contributed by atoms with Crippen molar-refractivity contribution in [3.63, 3.8) is 0 Å². The van der Waals surface area contributed by atoms with E-state index in [4.69, 9.17) is 16.7 Å². The Morgan fingerprint density at radius 1 is 1.45 bits per heavy atom. The fourth-order valence-corrected chi connectivity index (χ4v) is 3.29. The molecule has 20 heavy (non-hydrogen) atoms. The number of aromatic nitrogens is 2. The van der Waals surface area contributed by atoms with Crippen LogP contribution >= 0.6 is 11.6 Å². The summed E-state index contributed by atoms with van der Waals surface area (Å²) in [5, 5.41) is 12.9. The minimum atomic E-state index is -3.77. The second kappa shape index (κ2) is 5.82. The highest BCUT2D eigenvalue weighted by Gasteiger charge is 2.19. The van der Waals surface area contributed by atoms with Gasteiger partial charge in [0.1, 0.15) is 4.90 Å². The number of nitrogens with one attached hydrogen (secondary N) is 1. The van der Waals surface area contributed by atoms with Crippen LogP contribution in [0.1, 0.15) is 5.56 Å². The first-order chi connectivity index (χ1) is 9.44. The molecule has 0 fully saturated rings.